The monoisotopic (exact) mass is 639 g/mol. The third-order valence-corrected chi connectivity index (χ3v) is 11.8. The normalized spacial score (nSPS) is 28.4. The fraction of sp³-hybridized carbons (Fsp3) is 0.250. The third-order valence-electron chi connectivity index (χ3n) is 10.9. The molecule has 6 atom stereocenters. The predicted octanol–water partition coefficient (Wildman–Crippen LogP) is 6.79. The summed E-state index contributed by atoms with van der Waals surface area (Å²) in [7, 11) is 0. The average molecular weight is 640 g/mol. The molecule has 6 nitrogen and oxygen atoms in total. The molecule has 47 heavy (non-hydrogen) atoms. The van der Waals surface area contributed by atoms with Crippen molar-refractivity contribution in [3.63, 3.8) is 0 Å². The molecule has 234 valence electrons. The quantitative estimate of drug-likeness (QED) is 0.192. The van der Waals surface area contributed by atoms with E-state index >= 15 is 4.79 Å². The van der Waals surface area contributed by atoms with Gasteiger partial charge in [-0.1, -0.05) is 96.6 Å². The number of fused-ring (bicyclic) bond motifs is 4. The number of carbonyl (C=O) groups excluding carboxylic acids is 4. The van der Waals surface area contributed by atoms with E-state index in [0.29, 0.717) is 34.2 Å². The summed E-state index contributed by atoms with van der Waals surface area (Å²) >= 11 is 1.51. The fourth-order valence-corrected chi connectivity index (χ4v) is 9.61. The molecule has 3 aromatic carbocycles. The van der Waals surface area contributed by atoms with Gasteiger partial charge in [0.2, 0.25) is 11.8 Å². The van der Waals surface area contributed by atoms with E-state index in [0.717, 1.165) is 10.5 Å². The molecule has 4 aromatic rings. The van der Waals surface area contributed by atoms with E-state index in [1.807, 2.05) is 109 Å². The Morgan fingerprint density at radius 1 is 0.851 bits per heavy atom. The number of phenols is 1. The highest BCUT2D eigenvalue weighted by atomic mass is 32.1. The number of phenolic OH excluding ortho intramolecular Hbond substituents is 1. The van der Waals surface area contributed by atoms with Crippen LogP contribution in [0.5, 0.6) is 5.75 Å². The first-order valence-electron chi connectivity index (χ1n) is 16.1. The number of para-hydroxylation sites is 1. The second-order valence-electron chi connectivity index (χ2n) is 13.1. The zero-order valence-electron chi connectivity index (χ0n) is 25.8. The van der Waals surface area contributed by atoms with Gasteiger partial charge in [-0.25, -0.2) is 0 Å². The molecule has 1 saturated carbocycles. The number of nitrogens with zero attached hydrogens (tertiary/aromatic N) is 1. The largest absolute Gasteiger partial charge is 0.507 e. The van der Waals surface area contributed by atoms with E-state index in [2.05, 4.69) is 0 Å². The van der Waals surface area contributed by atoms with E-state index in [9.17, 15) is 19.5 Å². The Morgan fingerprint density at radius 2 is 1.60 bits per heavy atom. The Hall–Kier alpha value is -4.88. The van der Waals surface area contributed by atoms with Crippen LogP contribution in [0.4, 0.5) is 0 Å². The molecule has 2 fully saturated rings. The standard InChI is InChI=1S/C40H33NO5S/c1-23-10-8-16-29(36(23)43)35-27-17-18-28-34(39(46)41(38(28)45)22-26-15-9-19-47-26)31(27)20-32-37(44)30(24-11-4-2-5-12-24)21-33(42)40(32,35)25-13-6-3-7-14-25/h2-17,19,21,28,31-32,34-35,43H,18,20,22H2,1H3. The molecule has 1 N–H and O–H groups in total. The van der Waals surface area contributed by atoms with Gasteiger partial charge >= 0.3 is 0 Å². The number of hydrogen-bond donors (Lipinski definition) is 1. The van der Waals surface area contributed by atoms with Crippen LogP contribution in [0.15, 0.2) is 114 Å². The van der Waals surface area contributed by atoms with Gasteiger partial charge in [0, 0.05) is 27.8 Å². The van der Waals surface area contributed by atoms with Crippen molar-refractivity contribution in [1.82, 2.24) is 4.90 Å². The molecule has 8 rings (SSSR count). The number of aryl methyl sites for hydroxylation is 1. The van der Waals surface area contributed by atoms with Crippen LogP contribution in [0.1, 0.15) is 45.9 Å². The number of rotatable bonds is 5. The van der Waals surface area contributed by atoms with Crippen molar-refractivity contribution < 1.29 is 24.3 Å². The van der Waals surface area contributed by atoms with Crippen molar-refractivity contribution in [3.8, 4) is 5.75 Å². The molecule has 1 saturated heterocycles. The zero-order valence-corrected chi connectivity index (χ0v) is 26.7. The first-order chi connectivity index (χ1) is 22.8. The van der Waals surface area contributed by atoms with E-state index in [4.69, 9.17) is 0 Å². The molecular formula is C40H33NO5S. The summed E-state index contributed by atoms with van der Waals surface area (Å²) in [5.41, 5.74) is 2.42. The number of carbonyl (C=O) groups is 4. The Labute approximate surface area is 277 Å². The molecule has 3 aliphatic carbocycles. The van der Waals surface area contributed by atoms with Gasteiger partial charge in [-0.15, -0.1) is 11.3 Å². The maximum absolute atomic E-state index is 15.0. The summed E-state index contributed by atoms with van der Waals surface area (Å²) in [5.74, 6) is -3.92. The SMILES string of the molecule is Cc1cccc(C2C3=CCC4C(=O)N(Cc5cccs5)C(=O)C4C3CC3C(=O)C(c4ccccc4)=CC(=O)C32c2ccccc2)c1O. The van der Waals surface area contributed by atoms with Crippen molar-refractivity contribution in [2.24, 2.45) is 23.7 Å². The van der Waals surface area contributed by atoms with Gasteiger partial charge in [0.15, 0.2) is 11.6 Å². The van der Waals surface area contributed by atoms with Crippen molar-refractivity contribution in [1.29, 1.82) is 0 Å². The number of likely N-dealkylation sites (tertiary alicyclic amines) is 1. The molecule has 0 bridgehead atoms. The highest BCUT2D eigenvalue weighted by Gasteiger charge is 2.66. The van der Waals surface area contributed by atoms with E-state index in [1.165, 1.54) is 22.3 Å². The van der Waals surface area contributed by atoms with Crippen LogP contribution in [-0.2, 0) is 31.1 Å². The number of aromatic hydroxyl groups is 1. The lowest BCUT2D eigenvalue weighted by Crippen LogP contribution is -2.58. The predicted molar refractivity (Wildman–Crippen MR) is 179 cm³/mol. The molecule has 0 spiro atoms. The van der Waals surface area contributed by atoms with E-state index < -0.39 is 35.0 Å². The smallest absolute Gasteiger partial charge is 0.234 e. The molecule has 1 aliphatic heterocycles. The van der Waals surface area contributed by atoms with Gasteiger partial charge in [-0.2, -0.15) is 0 Å². The lowest BCUT2D eigenvalue weighted by molar-refractivity contribution is -0.141. The van der Waals surface area contributed by atoms with Gasteiger partial charge in [0.05, 0.1) is 23.8 Å². The highest BCUT2D eigenvalue weighted by Crippen LogP contribution is 2.64. The number of benzene rings is 3. The van der Waals surface area contributed by atoms with Gasteiger partial charge in [-0.3, -0.25) is 24.1 Å². The lowest BCUT2D eigenvalue weighted by atomic mass is 9.44. The molecule has 4 aliphatic rings. The molecule has 2 amide bonds. The number of hydrogen-bond acceptors (Lipinski definition) is 6. The average Bonchev–Trinajstić information content (AvgIpc) is 3.70. The number of ketones is 2. The Bertz CT molecular complexity index is 2000. The van der Waals surface area contributed by atoms with Gasteiger partial charge in [-0.05, 0) is 59.9 Å². The number of thiophene rings is 1. The van der Waals surface area contributed by atoms with Crippen LogP contribution in [0.3, 0.4) is 0 Å². The second-order valence-corrected chi connectivity index (χ2v) is 14.2. The number of Topliss-reactive ketones (excluding diaryl/α,β-unsaturated/α-hetero) is 1. The van der Waals surface area contributed by atoms with Crippen molar-refractivity contribution in [2.75, 3.05) is 0 Å². The van der Waals surface area contributed by atoms with Crippen molar-refractivity contribution in [2.45, 2.75) is 37.6 Å². The third kappa shape index (κ3) is 4.29. The van der Waals surface area contributed by atoms with E-state index in [-0.39, 0.29) is 42.1 Å². The summed E-state index contributed by atoms with van der Waals surface area (Å²) in [6.45, 7) is 2.04. The van der Waals surface area contributed by atoms with Crippen LogP contribution >= 0.6 is 11.3 Å². The Morgan fingerprint density at radius 3 is 2.32 bits per heavy atom. The molecule has 0 radical (unpaired) electrons. The maximum atomic E-state index is 15.0. The van der Waals surface area contributed by atoms with Crippen LogP contribution in [-0.4, -0.2) is 33.4 Å². The van der Waals surface area contributed by atoms with Crippen LogP contribution in [0, 0.1) is 30.6 Å². The zero-order chi connectivity index (χ0) is 32.4. The van der Waals surface area contributed by atoms with E-state index in [1.54, 1.807) is 0 Å². The Kier molecular flexibility index (Phi) is 6.99. The number of imide groups is 1. The van der Waals surface area contributed by atoms with Gasteiger partial charge in [0.1, 0.15) is 5.75 Å². The molecule has 2 heterocycles. The van der Waals surface area contributed by atoms with Gasteiger partial charge < -0.3 is 5.11 Å². The second kappa shape index (κ2) is 11.1. The van der Waals surface area contributed by atoms with Crippen molar-refractivity contribution >= 4 is 40.3 Å². The molecule has 1 aromatic heterocycles. The van der Waals surface area contributed by atoms with Crippen LogP contribution in [0.25, 0.3) is 5.57 Å². The van der Waals surface area contributed by atoms with Crippen LogP contribution < -0.4 is 0 Å². The summed E-state index contributed by atoms with van der Waals surface area (Å²) in [6.07, 6.45) is 4.13. The minimum absolute atomic E-state index is 0.0708. The summed E-state index contributed by atoms with van der Waals surface area (Å²) < 4.78 is 0. The number of allylic oxidation sites excluding steroid dienone is 4. The summed E-state index contributed by atoms with van der Waals surface area (Å²) in [6, 6.07) is 28.0. The lowest BCUT2D eigenvalue weighted by Gasteiger charge is -2.55. The molecule has 6 unspecified atom stereocenters. The first kappa shape index (κ1) is 29.5. The van der Waals surface area contributed by atoms with Crippen molar-refractivity contribution in [3.05, 3.63) is 141 Å². The highest BCUT2D eigenvalue weighted by molar-refractivity contribution is 7.09. The summed E-state index contributed by atoms with van der Waals surface area (Å²) in [4.78, 5) is 60.4. The minimum atomic E-state index is -1.36. The topological polar surface area (TPSA) is 91.8 Å². The Balaban J connectivity index is 1.36. The molecule has 7 heteroatoms. The fourth-order valence-electron chi connectivity index (χ4n) is 8.91. The first-order valence-corrected chi connectivity index (χ1v) is 17.0. The van der Waals surface area contributed by atoms with Gasteiger partial charge in [0.25, 0.3) is 0 Å². The molecular weight excluding hydrogens is 607 g/mol. The number of amides is 2. The van der Waals surface area contributed by atoms with Crippen LogP contribution in [0.2, 0.25) is 0 Å². The maximum Gasteiger partial charge on any atom is 0.234 e. The minimum Gasteiger partial charge on any atom is -0.507 e. The summed E-state index contributed by atoms with van der Waals surface area (Å²) in [5, 5.41) is 13.6.